The van der Waals surface area contributed by atoms with Gasteiger partial charge in [-0.05, 0) is 80.1 Å². The zero-order valence-electron chi connectivity index (χ0n) is 27.4. The van der Waals surface area contributed by atoms with Crippen LogP contribution in [0.1, 0.15) is 75.3 Å². The largest absolute Gasteiger partial charge is 0.496 e. The number of aryl methyl sites for hydroxylation is 1. The Balaban J connectivity index is 2.08. The highest BCUT2D eigenvalue weighted by molar-refractivity contribution is 6.74. The van der Waals surface area contributed by atoms with E-state index >= 15 is 0 Å². The average molecular weight is 607 g/mol. The highest BCUT2D eigenvalue weighted by Crippen LogP contribution is 2.45. The van der Waals surface area contributed by atoms with Crippen LogP contribution in [0.3, 0.4) is 0 Å². The number of rotatable bonds is 15. The molecule has 3 rings (SSSR count). The Kier molecular flexibility index (Phi) is 11.8. The summed E-state index contributed by atoms with van der Waals surface area (Å²) in [6, 6.07) is 14.8. The van der Waals surface area contributed by atoms with E-state index in [1.54, 1.807) is 26.5 Å². The lowest BCUT2D eigenvalue weighted by Crippen LogP contribution is -2.43. The number of carboxylic acids is 1. The molecule has 7 nitrogen and oxygen atoms in total. The van der Waals surface area contributed by atoms with Gasteiger partial charge >= 0.3 is 5.97 Å². The first kappa shape index (κ1) is 34.1. The molecule has 0 saturated carbocycles. The van der Waals surface area contributed by atoms with Gasteiger partial charge in [-0.15, -0.1) is 0 Å². The van der Waals surface area contributed by atoms with E-state index in [1.165, 1.54) is 5.56 Å². The molecule has 234 valence electrons. The third kappa shape index (κ3) is 9.07. The summed E-state index contributed by atoms with van der Waals surface area (Å²) < 4.78 is 20.8. The van der Waals surface area contributed by atoms with Crippen molar-refractivity contribution in [3.63, 3.8) is 0 Å². The molecule has 2 aromatic carbocycles. The van der Waals surface area contributed by atoms with Crippen LogP contribution in [0.5, 0.6) is 11.5 Å². The number of benzene rings is 2. The zero-order valence-corrected chi connectivity index (χ0v) is 28.4. The minimum absolute atomic E-state index is 0.00968. The summed E-state index contributed by atoms with van der Waals surface area (Å²) in [4.78, 5) is 11.6. The van der Waals surface area contributed by atoms with Gasteiger partial charge in [0.15, 0.2) is 8.32 Å². The van der Waals surface area contributed by atoms with E-state index in [0.717, 1.165) is 47.5 Å². The molecule has 0 aliphatic heterocycles. The Morgan fingerprint density at radius 1 is 1.09 bits per heavy atom. The molecule has 3 aromatic rings. The van der Waals surface area contributed by atoms with Crippen molar-refractivity contribution in [3.05, 3.63) is 82.7 Å². The number of carboxylic acid groups (broad SMARTS) is 1. The number of aliphatic carboxylic acids is 1. The maximum absolute atomic E-state index is 11.6. The van der Waals surface area contributed by atoms with Gasteiger partial charge in [0.25, 0.3) is 0 Å². The van der Waals surface area contributed by atoms with E-state index in [2.05, 4.69) is 75.4 Å². The minimum Gasteiger partial charge on any atom is -0.496 e. The van der Waals surface area contributed by atoms with Crippen LogP contribution in [-0.4, -0.2) is 43.4 Å². The summed E-state index contributed by atoms with van der Waals surface area (Å²) in [5.41, 5.74) is 4.43. The van der Waals surface area contributed by atoms with E-state index in [1.807, 2.05) is 30.8 Å². The molecule has 0 unspecified atom stereocenters. The highest BCUT2D eigenvalue weighted by Gasteiger charge is 2.41. The standard InChI is InChI=1S/C35H50N2O5Si/c1-10-28(34(38)39)19-27-22-36-37(23-27)24-29(18-14-17-26-15-12-11-13-16-26)33(42-43(8,9)35(3,4)5)30-20-31(40-6)25(2)32(21-30)41-7/h11-13,15-16,19-23,29,33H,10,14,17-18,24H2,1-9H3,(H,38,39)/t29-,33-/m0/s1. The van der Waals surface area contributed by atoms with Crippen LogP contribution < -0.4 is 9.47 Å². The Morgan fingerprint density at radius 2 is 1.72 bits per heavy atom. The molecule has 0 fully saturated rings. The van der Waals surface area contributed by atoms with Crippen molar-refractivity contribution in [1.29, 1.82) is 0 Å². The fourth-order valence-corrected chi connectivity index (χ4v) is 6.38. The van der Waals surface area contributed by atoms with E-state index < -0.39 is 14.3 Å². The second-order valence-electron chi connectivity index (χ2n) is 12.8. The predicted octanol–water partition coefficient (Wildman–Crippen LogP) is 8.49. The predicted molar refractivity (Wildman–Crippen MR) is 176 cm³/mol. The van der Waals surface area contributed by atoms with Crippen LogP contribution in [0.15, 0.2) is 60.4 Å². The van der Waals surface area contributed by atoms with Crippen molar-refractivity contribution in [2.45, 2.75) is 91.1 Å². The number of hydrogen-bond acceptors (Lipinski definition) is 5. The molecule has 43 heavy (non-hydrogen) atoms. The summed E-state index contributed by atoms with van der Waals surface area (Å²) >= 11 is 0. The molecule has 0 aliphatic carbocycles. The van der Waals surface area contributed by atoms with Crippen LogP contribution in [0.2, 0.25) is 18.1 Å². The van der Waals surface area contributed by atoms with Gasteiger partial charge in [0.1, 0.15) is 11.5 Å². The van der Waals surface area contributed by atoms with Gasteiger partial charge in [-0.2, -0.15) is 5.10 Å². The lowest BCUT2D eigenvalue weighted by Gasteiger charge is -2.42. The molecular formula is C35H50N2O5Si. The first-order valence-corrected chi connectivity index (χ1v) is 18.1. The smallest absolute Gasteiger partial charge is 0.331 e. The molecule has 0 bridgehead atoms. The van der Waals surface area contributed by atoms with Crippen molar-refractivity contribution < 1.29 is 23.8 Å². The summed E-state index contributed by atoms with van der Waals surface area (Å²) in [7, 11) is 1.15. The fourth-order valence-electron chi connectivity index (χ4n) is 5.06. The summed E-state index contributed by atoms with van der Waals surface area (Å²) in [5.74, 6) is 0.720. The number of ether oxygens (including phenoxy) is 2. The Bertz CT molecular complexity index is 1350. The molecule has 0 amide bonds. The van der Waals surface area contributed by atoms with Gasteiger partial charge in [0.05, 0.1) is 26.5 Å². The molecule has 0 saturated heterocycles. The van der Waals surface area contributed by atoms with Gasteiger partial charge in [-0.3, -0.25) is 4.68 Å². The van der Waals surface area contributed by atoms with Gasteiger partial charge in [-0.1, -0.05) is 58.0 Å². The number of aromatic nitrogens is 2. The quantitative estimate of drug-likeness (QED) is 0.138. The van der Waals surface area contributed by atoms with Gasteiger partial charge in [-0.25, -0.2) is 4.79 Å². The number of hydrogen-bond donors (Lipinski definition) is 1. The molecule has 1 heterocycles. The van der Waals surface area contributed by atoms with Crippen LogP contribution in [0.25, 0.3) is 6.08 Å². The van der Waals surface area contributed by atoms with Gasteiger partial charge in [0.2, 0.25) is 0 Å². The van der Waals surface area contributed by atoms with Crippen molar-refractivity contribution in [2.75, 3.05) is 14.2 Å². The third-order valence-electron chi connectivity index (χ3n) is 8.71. The molecule has 8 heteroatoms. The lowest BCUT2D eigenvalue weighted by atomic mass is 9.89. The van der Waals surface area contributed by atoms with Crippen molar-refractivity contribution in [3.8, 4) is 11.5 Å². The summed E-state index contributed by atoms with van der Waals surface area (Å²) in [5, 5.41) is 14.2. The first-order valence-electron chi connectivity index (χ1n) is 15.2. The van der Waals surface area contributed by atoms with Crippen molar-refractivity contribution in [2.24, 2.45) is 5.92 Å². The SMILES string of the molecule is CCC(=Cc1cnn(C[C@H](CCCc2ccccc2)[C@H](O[Si](C)(C)C(C)(C)C)c2cc(OC)c(C)c(OC)c2)c1)C(=O)O. The zero-order chi connectivity index (χ0) is 31.8. The topological polar surface area (TPSA) is 82.8 Å². The van der Waals surface area contributed by atoms with E-state index in [9.17, 15) is 9.90 Å². The van der Waals surface area contributed by atoms with Gasteiger partial charge in [0, 0.05) is 35.4 Å². The maximum Gasteiger partial charge on any atom is 0.331 e. The Morgan fingerprint density at radius 3 is 2.26 bits per heavy atom. The number of methoxy groups -OCH3 is 2. The molecule has 0 spiro atoms. The maximum atomic E-state index is 11.6. The first-order chi connectivity index (χ1) is 20.3. The van der Waals surface area contributed by atoms with Crippen LogP contribution in [-0.2, 0) is 22.2 Å². The second kappa shape index (κ2) is 14.9. The molecule has 0 radical (unpaired) electrons. The number of nitrogens with zero attached hydrogens (tertiary/aromatic N) is 2. The summed E-state index contributed by atoms with van der Waals surface area (Å²) in [6.07, 6.45) is 8.46. The van der Waals surface area contributed by atoms with E-state index in [-0.39, 0.29) is 17.1 Å². The van der Waals surface area contributed by atoms with Crippen LogP contribution in [0.4, 0.5) is 0 Å². The third-order valence-corrected chi connectivity index (χ3v) is 13.2. The fraction of sp³-hybridized carbons (Fsp3) is 0.486. The Labute approximate surface area is 259 Å². The van der Waals surface area contributed by atoms with Crippen LogP contribution in [0, 0.1) is 12.8 Å². The monoisotopic (exact) mass is 606 g/mol. The Hall–Kier alpha value is -3.36. The normalized spacial score (nSPS) is 13.9. The van der Waals surface area contributed by atoms with Crippen LogP contribution >= 0.6 is 0 Å². The highest BCUT2D eigenvalue weighted by atomic mass is 28.4. The number of carbonyl (C=O) groups is 1. The average Bonchev–Trinajstić information content (AvgIpc) is 3.41. The van der Waals surface area contributed by atoms with Crippen molar-refractivity contribution >= 4 is 20.4 Å². The molecule has 1 N–H and O–H groups in total. The van der Waals surface area contributed by atoms with Crippen molar-refractivity contribution in [1.82, 2.24) is 9.78 Å². The molecule has 2 atom stereocenters. The second-order valence-corrected chi connectivity index (χ2v) is 17.6. The minimum atomic E-state index is -2.22. The van der Waals surface area contributed by atoms with Gasteiger partial charge < -0.3 is 19.0 Å². The molecule has 1 aromatic heterocycles. The molecule has 0 aliphatic rings. The van der Waals surface area contributed by atoms with E-state index in [4.69, 9.17) is 13.9 Å². The summed E-state index contributed by atoms with van der Waals surface area (Å²) in [6.45, 7) is 15.8. The lowest BCUT2D eigenvalue weighted by molar-refractivity contribution is -0.132. The van der Waals surface area contributed by atoms with E-state index in [0.29, 0.717) is 18.5 Å². The molecular weight excluding hydrogens is 556 g/mol.